The summed E-state index contributed by atoms with van der Waals surface area (Å²) in [6, 6.07) is 22.3. The lowest BCUT2D eigenvalue weighted by molar-refractivity contribution is 0.102. The zero-order chi connectivity index (χ0) is 16.2. The fourth-order valence-electron chi connectivity index (χ4n) is 2.35. The zero-order valence-electron chi connectivity index (χ0n) is 12.1. The van der Waals surface area contributed by atoms with Gasteiger partial charge >= 0.3 is 0 Å². The van der Waals surface area contributed by atoms with Crippen molar-refractivity contribution < 1.29 is 4.79 Å². The first kappa shape index (κ1) is 15.6. The van der Waals surface area contributed by atoms with E-state index in [-0.39, 0.29) is 5.91 Å². The van der Waals surface area contributed by atoms with Gasteiger partial charge in [0.15, 0.2) is 0 Å². The van der Waals surface area contributed by atoms with Crippen LogP contribution in [0.4, 0.5) is 5.69 Å². The third-order valence-corrected chi connectivity index (χ3v) is 4.09. The SMILES string of the molecule is O=C(Nc1c(Cl)cccc1Cl)c1ccccc1-c1ccccc1. The second-order valence-electron chi connectivity index (χ2n) is 4.96. The van der Waals surface area contributed by atoms with Gasteiger partial charge < -0.3 is 5.32 Å². The lowest BCUT2D eigenvalue weighted by atomic mass is 9.99. The lowest BCUT2D eigenvalue weighted by Gasteiger charge is -2.12. The Bertz CT molecular complexity index is 827. The number of amides is 1. The number of carbonyl (C=O) groups excluding carboxylic acids is 1. The maximum absolute atomic E-state index is 12.7. The minimum Gasteiger partial charge on any atom is -0.319 e. The van der Waals surface area contributed by atoms with E-state index in [9.17, 15) is 4.79 Å². The van der Waals surface area contributed by atoms with Gasteiger partial charge in [0.05, 0.1) is 15.7 Å². The Morgan fingerprint density at radius 3 is 2.04 bits per heavy atom. The first-order valence-electron chi connectivity index (χ1n) is 7.06. The highest BCUT2D eigenvalue weighted by molar-refractivity contribution is 6.40. The average Bonchev–Trinajstić information content (AvgIpc) is 2.59. The van der Waals surface area contributed by atoms with Gasteiger partial charge in [0.25, 0.3) is 5.91 Å². The Morgan fingerprint density at radius 2 is 1.35 bits per heavy atom. The van der Waals surface area contributed by atoms with Crippen LogP contribution in [0, 0.1) is 0 Å². The van der Waals surface area contributed by atoms with Crippen molar-refractivity contribution in [2.24, 2.45) is 0 Å². The number of para-hydroxylation sites is 1. The van der Waals surface area contributed by atoms with E-state index in [1.165, 1.54) is 0 Å². The number of halogens is 2. The Morgan fingerprint density at radius 1 is 0.739 bits per heavy atom. The highest BCUT2D eigenvalue weighted by atomic mass is 35.5. The molecule has 3 rings (SSSR count). The van der Waals surface area contributed by atoms with Gasteiger partial charge in [-0.15, -0.1) is 0 Å². The number of anilines is 1. The summed E-state index contributed by atoms with van der Waals surface area (Å²) in [6.07, 6.45) is 0. The zero-order valence-corrected chi connectivity index (χ0v) is 13.6. The minimum atomic E-state index is -0.251. The van der Waals surface area contributed by atoms with E-state index < -0.39 is 0 Å². The van der Waals surface area contributed by atoms with Crippen molar-refractivity contribution in [2.75, 3.05) is 5.32 Å². The molecule has 0 bridgehead atoms. The predicted octanol–water partition coefficient (Wildman–Crippen LogP) is 5.91. The molecule has 0 heterocycles. The number of benzene rings is 3. The molecule has 2 nitrogen and oxygen atoms in total. The van der Waals surface area contributed by atoms with Crippen LogP contribution in [0.15, 0.2) is 72.8 Å². The molecule has 0 unspecified atom stereocenters. The molecule has 0 radical (unpaired) electrons. The third-order valence-electron chi connectivity index (χ3n) is 3.46. The van der Waals surface area contributed by atoms with Crippen LogP contribution in [-0.2, 0) is 0 Å². The van der Waals surface area contributed by atoms with E-state index in [4.69, 9.17) is 23.2 Å². The van der Waals surface area contributed by atoms with Crippen LogP contribution in [-0.4, -0.2) is 5.91 Å². The van der Waals surface area contributed by atoms with E-state index in [0.717, 1.165) is 11.1 Å². The van der Waals surface area contributed by atoms with Crippen molar-refractivity contribution in [3.05, 3.63) is 88.4 Å². The molecular formula is C19H13Cl2NO. The molecular weight excluding hydrogens is 329 g/mol. The second-order valence-corrected chi connectivity index (χ2v) is 5.78. The highest BCUT2D eigenvalue weighted by Gasteiger charge is 2.15. The normalized spacial score (nSPS) is 10.3. The molecule has 1 amide bonds. The summed E-state index contributed by atoms with van der Waals surface area (Å²) < 4.78 is 0. The van der Waals surface area contributed by atoms with Crippen molar-refractivity contribution in [3.8, 4) is 11.1 Å². The molecule has 3 aromatic rings. The van der Waals surface area contributed by atoms with Crippen LogP contribution >= 0.6 is 23.2 Å². The lowest BCUT2D eigenvalue weighted by Crippen LogP contribution is -2.13. The molecule has 23 heavy (non-hydrogen) atoms. The smallest absolute Gasteiger partial charge is 0.256 e. The number of hydrogen-bond acceptors (Lipinski definition) is 1. The first-order chi connectivity index (χ1) is 11.2. The monoisotopic (exact) mass is 341 g/mol. The number of hydrogen-bond donors (Lipinski definition) is 1. The summed E-state index contributed by atoms with van der Waals surface area (Å²) in [5.41, 5.74) is 2.82. The molecule has 0 saturated heterocycles. The maximum atomic E-state index is 12.7. The molecule has 0 aromatic heterocycles. The largest absolute Gasteiger partial charge is 0.319 e. The molecule has 0 saturated carbocycles. The first-order valence-corrected chi connectivity index (χ1v) is 7.82. The Balaban J connectivity index is 1.98. The average molecular weight is 342 g/mol. The fourth-order valence-corrected chi connectivity index (χ4v) is 2.84. The van der Waals surface area contributed by atoms with Crippen LogP contribution < -0.4 is 5.32 Å². The number of carbonyl (C=O) groups is 1. The van der Waals surface area contributed by atoms with Crippen molar-refractivity contribution in [3.63, 3.8) is 0 Å². The summed E-state index contributed by atoms with van der Waals surface area (Å²) in [5, 5.41) is 3.61. The molecule has 1 N–H and O–H groups in total. The van der Waals surface area contributed by atoms with Gasteiger partial charge in [-0.3, -0.25) is 4.79 Å². The van der Waals surface area contributed by atoms with Crippen molar-refractivity contribution in [1.82, 2.24) is 0 Å². The summed E-state index contributed by atoms with van der Waals surface area (Å²) >= 11 is 12.2. The summed E-state index contributed by atoms with van der Waals surface area (Å²) in [7, 11) is 0. The van der Waals surface area contributed by atoms with Crippen LogP contribution in [0.5, 0.6) is 0 Å². The molecule has 0 fully saturated rings. The molecule has 114 valence electrons. The minimum absolute atomic E-state index is 0.251. The standard InChI is InChI=1S/C19H13Cl2NO/c20-16-11-6-12-17(21)18(16)22-19(23)15-10-5-4-9-14(15)13-7-2-1-3-8-13/h1-12H,(H,22,23). The van der Waals surface area contributed by atoms with Crippen LogP contribution in [0.3, 0.4) is 0 Å². The van der Waals surface area contributed by atoms with Crippen molar-refractivity contribution in [1.29, 1.82) is 0 Å². The van der Waals surface area contributed by atoms with Crippen LogP contribution in [0.25, 0.3) is 11.1 Å². The maximum Gasteiger partial charge on any atom is 0.256 e. The molecule has 0 spiro atoms. The summed E-state index contributed by atoms with van der Waals surface area (Å²) in [5.74, 6) is -0.251. The number of nitrogens with one attached hydrogen (secondary N) is 1. The van der Waals surface area contributed by atoms with Gasteiger partial charge in [-0.1, -0.05) is 77.8 Å². The van der Waals surface area contributed by atoms with Gasteiger partial charge in [0, 0.05) is 5.56 Å². The fraction of sp³-hybridized carbons (Fsp3) is 0. The van der Waals surface area contributed by atoms with E-state index in [0.29, 0.717) is 21.3 Å². The molecule has 4 heteroatoms. The van der Waals surface area contributed by atoms with Crippen LogP contribution in [0.1, 0.15) is 10.4 Å². The van der Waals surface area contributed by atoms with Crippen molar-refractivity contribution in [2.45, 2.75) is 0 Å². The van der Waals surface area contributed by atoms with Crippen molar-refractivity contribution >= 4 is 34.8 Å². The van der Waals surface area contributed by atoms with E-state index in [1.54, 1.807) is 24.3 Å². The third kappa shape index (κ3) is 3.39. The Labute approximate surface area is 144 Å². The van der Waals surface area contributed by atoms with Gasteiger partial charge in [-0.25, -0.2) is 0 Å². The van der Waals surface area contributed by atoms with Crippen LogP contribution in [0.2, 0.25) is 10.0 Å². The Kier molecular flexibility index (Phi) is 4.65. The molecule has 0 aliphatic carbocycles. The summed E-state index contributed by atoms with van der Waals surface area (Å²) in [6.45, 7) is 0. The predicted molar refractivity (Wildman–Crippen MR) is 96.3 cm³/mol. The second kappa shape index (κ2) is 6.86. The van der Waals surface area contributed by atoms with Gasteiger partial charge in [0.1, 0.15) is 0 Å². The van der Waals surface area contributed by atoms with E-state index in [1.807, 2.05) is 48.5 Å². The quantitative estimate of drug-likeness (QED) is 0.630. The molecule has 0 aliphatic heterocycles. The van der Waals surface area contributed by atoms with Gasteiger partial charge in [0.2, 0.25) is 0 Å². The Hall–Kier alpha value is -2.29. The highest BCUT2D eigenvalue weighted by Crippen LogP contribution is 2.31. The number of rotatable bonds is 3. The topological polar surface area (TPSA) is 29.1 Å². The van der Waals surface area contributed by atoms with Gasteiger partial charge in [-0.05, 0) is 29.3 Å². The van der Waals surface area contributed by atoms with E-state index >= 15 is 0 Å². The molecule has 0 atom stereocenters. The molecule has 0 aliphatic rings. The molecule has 3 aromatic carbocycles. The summed E-state index contributed by atoms with van der Waals surface area (Å²) in [4.78, 5) is 12.7. The van der Waals surface area contributed by atoms with E-state index in [2.05, 4.69) is 5.32 Å². The van der Waals surface area contributed by atoms with Gasteiger partial charge in [-0.2, -0.15) is 0 Å².